The summed E-state index contributed by atoms with van der Waals surface area (Å²) >= 11 is 0. The molecule has 1 N–H and O–H groups in total. The molecule has 4 heteroatoms. The molecule has 122 valence electrons. The van der Waals surface area contributed by atoms with Crippen LogP contribution in [-0.2, 0) is 20.9 Å². The summed E-state index contributed by atoms with van der Waals surface area (Å²) in [6.07, 6.45) is 3.14. The molecule has 0 heterocycles. The molecule has 0 radical (unpaired) electrons. The highest BCUT2D eigenvalue weighted by atomic mass is 16.6. The highest BCUT2D eigenvalue weighted by Gasteiger charge is 2.22. The summed E-state index contributed by atoms with van der Waals surface area (Å²) in [7, 11) is 0. The van der Waals surface area contributed by atoms with Gasteiger partial charge in [0.15, 0.2) is 6.10 Å². The van der Waals surface area contributed by atoms with E-state index in [1.54, 1.807) is 20.8 Å². The van der Waals surface area contributed by atoms with Crippen molar-refractivity contribution in [2.24, 2.45) is 5.92 Å². The third kappa shape index (κ3) is 7.38. The first-order valence-electron chi connectivity index (χ1n) is 7.67. The van der Waals surface area contributed by atoms with Gasteiger partial charge in [-0.1, -0.05) is 49.4 Å². The van der Waals surface area contributed by atoms with E-state index in [4.69, 9.17) is 9.47 Å². The fourth-order valence-electron chi connectivity index (χ4n) is 1.85. The molecule has 0 bridgehead atoms. The topological polar surface area (TPSA) is 55.8 Å². The van der Waals surface area contributed by atoms with Crippen LogP contribution in [0.15, 0.2) is 42.5 Å². The van der Waals surface area contributed by atoms with Gasteiger partial charge >= 0.3 is 5.97 Å². The predicted octanol–water partition coefficient (Wildman–Crippen LogP) is 3.10. The molecule has 22 heavy (non-hydrogen) atoms. The fraction of sp³-hybridized carbons (Fsp3) is 0.500. The summed E-state index contributed by atoms with van der Waals surface area (Å²) in [6, 6.07) is 9.99. The predicted molar refractivity (Wildman–Crippen MR) is 86.3 cm³/mol. The first kappa shape index (κ1) is 18.4. The van der Waals surface area contributed by atoms with Crippen LogP contribution in [0.1, 0.15) is 32.8 Å². The Morgan fingerprint density at radius 3 is 2.55 bits per heavy atom. The van der Waals surface area contributed by atoms with Gasteiger partial charge in [0.05, 0.1) is 19.3 Å². The molecule has 4 nitrogen and oxygen atoms in total. The maximum absolute atomic E-state index is 11.6. The van der Waals surface area contributed by atoms with Crippen LogP contribution in [0.2, 0.25) is 0 Å². The minimum Gasteiger partial charge on any atom is -0.461 e. The third-order valence-electron chi connectivity index (χ3n) is 3.07. The number of benzene rings is 1. The van der Waals surface area contributed by atoms with Crippen LogP contribution >= 0.6 is 0 Å². The van der Waals surface area contributed by atoms with Gasteiger partial charge in [-0.15, -0.1) is 0 Å². The number of hydrogen-bond donors (Lipinski definition) is 1. The molecule has 0 aliphatic carbocycles. The lowest BCUT2D eigenvalue weighted by Crippen LogP contribution is -2.30. The fourth-order valence-corrected chi connectivity index (χ4v) is 1.85. The van der Waals surface area contributed by atoms with Gasteiger partial charge in [0, 0.05) is 5.92 Å². The van der Waals surface area contributed by atoms with Gasteiger partial charge in [-0.3, -0.25) is 0 Å². The molecule has 1 rings (SSSR count). The number of carbonyl (C=O) groups excluding carboxylic acids is 1. The van der Waals surface area contributed by atoms with Gasteiger partial charge in [-0.2, -0.15) is 0 Å². The Hall–Kier alpha value is -1.65. The number of ether oxygens (including phenoxy) is 2. The molecule has 0 aliphatic heterocycles. The molecule has 0 unspecified atom stereocenters. The van der Waals surface area contributed by atoms with Gasteiger partial charge in [-0.25, -0.2) is 4.79 Å². The van der Waals surface area contributed by atoms with E-state index in [-0.39, 0.29) is 12.0 Å². The van der Waals surface area contributed by atoms with Crippen molar-refractivity contribution < 1.29 is 19.4 Å². The van der Waals surface area contributed by atoms with Gasteiger partial charge < -0.3 is 14.6 Å². The normalized spacial score (nSPS) is 14.2. The molecule has 0 saturated heterocycles. The molecular formula is C18H26O4. The van der Waals surface area contributed by atoms with Crippen molar-refractivity contribution in [2.45, 2.75) is 46.0 Å². The van der Waals surface area contributed by atoms with Crippen molar-refractivity contribution >= 4 is 5.97 Å². The zero-order valence-corrected chi connectivity index (χ0v) is 13.6. The number of carbonyl (C=O) groups is 1. The zero-order valence-electron chi connectivity index (χ0n) is 13.6. The Morgan fingerprint density at radius 2 is 1.91 bits per heavy atom. The maximum atomic E-state index is 11.6. The van der Waals surface area contributed by atoms with Crippen molar-refractivity contribution in [3.63, 3.8) is 0 Å². The van der Waals surface area contributed by atoms with E-state index in [9.17, 15) is 9.90 Å². The Morgan fingerprint density at radius 1 is 1.23 bits per heavy atom. The standard InChI is InChI=1S/C18H26O4/c1-14(2)22-18(20)17(19)15(3)9-7-8-12-21-13-16-10-5-4-6-11-16/h4-7,9-11,14-15,17,19H,8,12-13H2,1-3H3/b9-7-/t15-,17+/m1/s1. The van der Waals surface area contributed by atoms with E-state index in [0.717, 1.165) is 12.0 Å². The smallest absolute Gasteiger partial charge is 0.335 e. The first-order valence-corrected chi connectivity index (χ1v) is 7.67. The van der Waals surface area contributed by atoms with Gasteiger partial charge in [0.2, 0.25) is 0 Å². The van der Waals surface area contributed by atoms with Crippen molar-refractivity contribution in [1.82, 2.24) is 0 Å². The zero-order chi connectivity index (χ0) is 16.4. The van der Waals surface area contributed by atoms with Crippen molar-refractivity contribution in [2.75, 3.05) is 6.61 Å². The highest BCUT2D eigenvalue weighted by molar-refractivity contribution is 5.75. The lowest BCUT2D eigenvalue weighted by atomic mass is 10.0. The number of aliphatic hydroxyl groups is 1. The summed E-state index contributed by atoms with van der Waals surface area (Å²) in [5.74, 6) is -0.854. The molecule has 0 aliphatic rings. The minimum absolute atomic E-state index is 0.218. The summed E-state index contributed by atoms with van der Waals surface area (Å²) in [4.78, 5) is 11.6. The quantitative estimate of drug-likeness (QED) is 0.433. The molecule has 1 aromatic carbocycles. The Labute approximate surface area is 132 Å². The SMILES string of the molecule is CC(C)OC(=O)[C@@H](O)[C@H](C)/C=C\CCOCc1ccccc1. The summed E-state index contributed by atoms with van der Waals surface area (Å²) in [5, 5.41) is 9.83. The van der Waals surface area contributed by atoms with E-state index in [0.29, 0.717) is 13.2 Å². The number of hydrogen-bond acceptors (Lipinski definition) is 4. The van der Waals surface area contributed by atoms with Crippen LogP contribution in [0.5, 0.6) is 0 Å². The molecular weight excluding hydrogens is 280 g/mol. The summed E-state index contributed by atoms with van der Waals surface area (Å²) < 4.78 is 10.5. The van der Waals surface area contributed by atoms with Crippen LogP contribution in [0.4, 0.5) is 0 Å². The van der Waals surface area contributed by atoms with E-state index in [2.05, 4.69) is 0 Å². The number of esters is 1. The average Bonchev–Trinajstić information content (AvgIpc) is 2.50. The lowest BCUT2D eigenvalue weighted by molar-refractivity contribution is -0.159. The van der Waals surface area contributed by atoms with Gasteiger partial charge in [-0.05, 0) is 25.8 Å². The van der Waals surface area contributed by atoms with Gasteiger partial charge in [0.1, 0.15) is 0 Å². The van der Waals surface area contributed by atoms with Crippen LogP contribution in [0.3, 0.4) is 0 Å². The van der Waals surface area contributed by atoms with E-state index >= 15 is 0 Å². The molecule has 1 aromatic rings. The Bertz CT molecular complexity index is 453. The molecule has 0 spiro atoms. The van der Waals surface area contributed by atoms with Crippen molar-refractivity contribution in [1.29, 1.82) is 0 Å². The van der Waals surface area contributed by atoms with Crippen LogP contribution in [0, 0.1) is 5.92 Å². The second-order valence-electron chi connectivity index (χ2n) is 5.54. The Balaban J connectivity index is 2.20. The monoisotopic (exact) mass is 306 g/mol. The molecule has 2 atom stereocenters. The Kier molecular flexibility index (Phi) is 8.48. The van der Waals surface area contributed by atoms with Gasteiger partial charge in [0.25, 0.3) is 0 Å². The summed E-state index contributed by atoms with van der Waals surface area (Å²) in [5.41, 5.74) is 1.15. The highest BCUT2D eigenvalue weighted by Crippen LogP contribution is 2.09. The van der Waals surface area contributed by atoms with E-state index in [1.807, 2.05) is 42.5 Å². The third-order valence-corrected chi connectivity index (χ3v) is 3.07. The van der Waals surface area contributed by atoms with E-state index in [1.165, 1.54) is 0 Å². The largest absolute Gasteiger partial charge is 0.461 e. The second-order valence-corrected chi connectivity index (χ2v) is 5.54. The summed E-state index contributed by atoms with van der Waals surface area (Å²) in [6.45, 7) is 6.50. The minimum atomic E-state index is -1.12. The number of rotatable bonds is 9. The van der Waals surface area contributed by atoms with Crippen molar-refractivity contribution in [3.8, 4) is 0 Å². The molecule has 0 amide bonds. The molecule has 0 fully saturated rings. The molecule has 0 aromatic heterocycles. The average molecular weight is 306 g/mol. The van der Waals surface area contributed by atoms with E-state index < -0.39 is 12.1 Å². The number of aliphatic hydroxyl groups excluding tert-OH is 1. The van der Waals surface area contributed by atoms with Crippen molar-refractivity contribution in [3.05, 3.63) is 48.0 Å². The van der Waals surface area contributed by atoms with Crippen LogP contribution in [-0.4, -0.2) is 29.9 Å². The van der Waals surface area contributed by atoms with Crippen LogP contribution < -0.4 is 0 Å². The second kappa shape index (κ2) is 10.1. The molecule has 0 saturated carbocycles. The lowest BCUT2D eigenvalue weighted by Gasteiger charge is -2.16. The first-order chi connectivity index (χ1) is 10.5. The van der Waals surface area contributed by atoms with Crippen LogP contribution in [0.25, 0.3) is 0 Å². The maximum Gasteiger partial charge on any atom is 0.335 e.